The molecular weight excluding hydrogens is 203 g/mol. The number of alkyl halides is 2. The summed E-state index contributed by atoms with van der Waals surface area (Å²) in [4.78, 5) is 0. The van der Waals surface area contributed by atoms with Gasteiger partial charge >= 0.3 is 0 Å². The Bertz CT molecular complexity index is 138. The molecule has 1 saturated carbocycles. The van der Waals surface area contributed by atoms with E-state index in [1.54, 1.807) is 0 Å². The molecule has 0 aromatic rings. The molecule has 2 heteroatoms. The summed E-state index contributed by atoms with van der Waals surface area (Å²) in [5.41, 5.74) is 0. The fourth-order valence-electron chi connectivity index (χ4n) is 2.10. The Morgan fingerprint density at radius 3 is 1.62 bits per heavy atom. The fourth-order valence-corrected chi connectivity index (χ4v) is 3.01. The number of rotatable bonds is 6. The summed E-state index contributed by atoms with van der Waals surface area (Å²) in [6.45, 7) is 4.43. The van der Waals surface area contributed by atoms with Crippen molar-refractivity contribution in [3.63, 3.8) is 0 Å². The Kier molecular flexibility index (Phi) is 4.38. The van der Waals surface area contributed by atoms with Crippen LogP contribution in [0.4, 0.5) is 0 Å². The number of unbranched alkanes of at least 4 members (excludes halogenated alkanes) is 2. The molecule has 1 aliphatic rings. The second-order valence-electron chi connectivity index (χ2n) is 4.17. The topological polar surface area (TPSA) is 0 Å². The summed E-state index contributed by atoms with van der Waals surface area (Å²) in [6.07, 6.45) is 7.49. The van der Waals surface area contributed by atoms with Crippen molar-refractivity contribution in [2.24, 2.45) is 11.8 Å². The molecule has 0 amide bonds. The SMILES string of the molecule is CCCC[C@@H]1[C@H](CCCC)C1(Cl)Cl. The number of halogens is 2. The van der Waals surface area contributed by atoms with Gasteiger partial charge in [0, 0.05) is 0 Å². The lowest BCUT2D eigenvalue weighted by Crippen LogP contribution is -1.90. The van der Waals surface area contributed by atoms with Crippen molar-refractivity contribution in [3.05, 3.63) is 0 Å². The quantitative estimate of drug-likeness (QED) is 0.568. The molecule has 0 spiro atoms. The lowest BCUT2D eigenvalue weighted by Gasteiger charge is -1.95. The van der Waals surface area contributed by atoms with Crippen molar-refractivity contribution in [1.82, 2.24) is 0 Å². The van der Waals surface area contributed by atoms with Crippen LogP contribution >= 0.6 is 23.2 Å². The molecular formula is C11H20Cl2. The summed E-state index contributed by atoms with van der Waals surface area (Å²) in [7, 11) is 0. The van der Waals surface area contributed by atoms with Crippen LogP contribution in [0.5, 0.6) is 0 Å². The van der Waals surface area contributed by atoms with Crippen molar-refractivity contribution >= 4 is 23.2 Å². The highest BCUT2D eigenvalue weighted by Crippen LogP contribution is 2.63. The van der Waals surface area contributed by atoms with E-state index < -0.39 is 0 Å². The zero-order chi connectivity index (χ0) is 9.90. The third-order valence-electron chi connectivity index (χ3n) is 3.10. The Morgan fingerprint density at radius 1 is 0.923 bits per heavy atom. The van der Waals surface area contributed by atoms with Gasteiger partial charge in [-0.05, 0) is 24.7 Å². The summed E-state index contributed by atoms with van der Waals surface area (Å²) < 4.78 is -0.371. The second-order valence-corrected chi connectivity index (χ2v) is 5.62. The predicted octanol–water partition coefficient (Wildman–Crippen LogP) is 4.79. The van der Waals surface area contributed by atoms with Crippen molar-refractivity contribution in [2.75, 3.05) is 0 Å². The Balaban J connectivity index is 2.24. The molecule has 1 fully saturated rings. The number of hydrogen-bond acceptors (Lipinski definition) is 0. The van der Waals surface area contributed by atoms with Gasteiger partial charge in [-0.1, -0.05) is 39.5 Å². The third-order valence-corrected chi connectivity index (χ3v) is 4.22. The van der Waals surface area contributed by atoms with Gasteiger partial charge in [0.25, 0.3) is 0 Å². The highest BCUT2D eigenvalue weighted by molar-refractivity contribution is 6.51. The largest absolute Gasteiger partial charge is 0.124 e. The van der Waals surface area contributed by atoms with Crippen LogP contribution in [0, 0.1) is 11.8 Å². The van der Waals surface area contributed by atoms with Gasteiger partial charge in [0.05, 0.1) is 0 Å². The van der Waals surface area contributed by atoms with E-state index in [0.717, 1.165) is 0 Å². The first-order valence-corrected chi connectivity index (χ1v) is 6.28. The molecule has 0 nitrogen and oxygen atoms in total. The Hall–Kier alpha value is 0.580. The molecule has 0 aromatic carbocycles. The molecule has 0 bridgehead atoms. The summed E-state index contributed by atoms with van der Waals surface area (Å²) in [5.74, 6) is 1.17. The van der Waals surface area contributed by atoms with Crippen molar-refractivity contribution in [2.45, 2.75) is 56.7 Å². The van der Waals surface area contributed by atoms with Crippen LogP contribution in [0.3, 0.4) is 0 Å². The summed E-state index contributed by atoms with van der Waals surface area (Å²) in [5, 5.41) is 0. The highest BCUT2D eigenvalue weighted by atomic mass is 35.5. The average Bonchev–Trinajstić information content (AvgIpc) is 2.60. The monoisotopic (exact) mass is 222 g/mol. The first-order chi connectivity index (χ1) is 6.14. The van der Waals surface area contributed by atoms with Crippen LogP contribution in [0.2, 0.25) is 0 Å². The standard InChI is InChI=1S/C11H20Cl2/c1-3-5-7-9-10(8-6-4-2)11(9,12)13/h9-10H,3-8H2,1-2H3/t9-,10+. The van der Waals surface area contributed by atoms with Crippen LogP contribution in [0.1, 0.15) is 52.4 Å². The van der Waals surface area contributed by atoms with E-state index in [9.17, 15) is 0 Å². The van der Waals surface area contributed by atoms with Gasteiger partial charge in [-0.25, -0.2) is 0 Å². The smallest absolute Gasteiger partial charge is 0.101 e. The van der Waals surface area contributed by atoms with E-state index in [-0.39, 0.29) is 4.33 Å². The molecule has 78 valence electrons. The average molecular weight is 223 g/mol. The summed E-state index contributed by atoms with van der Waals surface area (Å²) >= 11 is 12.4. The van der Waals surface area contributed by atoms with Crippen LogP contribution in [-0.4, -0.2) is 4.33 Å². The minimum Gasteiger partial charge on any atom is -0.101 e. The molecule has 0 aliphatic heterocycles. The molecule has 1 rings (SSSR count). The van der Waals surface area contributed by atoms with Crippen LogP contribution in [0.15, 0.2) is 0 Å². The third kappa shape index (κ3) is 2.76. The van der Waals surface area contributed by atoms with Crippen molar-refractivity contribution < 1.29 is 0 Å². The lowest BCUT2D eigenvalue weighted by molar-refractivity contribution is 0.559. The van der Waals surface area contributed by atoms with Gasteiger partial charge in [-0.3, -0.25) is 0 Å². The van der Waals surface area contributed by atoms with Gasteiger partial charge in [0.2, 0.25) is 0 Å². The molecule has 2 atom stereocenters. The first-order valence-electron chi connectivity index (χ1n) is 5.52. The van der Waals surface area contributed by atoms with E-state index >= 15 is 0 Å². The fraction of sp³-hybridized carbons (Fsp3) is 1.00. The number of hydrogen-bond donors (Lipinski definition) is 0. The molecule has 0 N–H and O–H groups in total. The minimum atomic E-state index is -0.371. The van der Waals surface area contributed by atoms with E-state index in [1.807, 2.05) is 0 Å². The minimum absolute atomic E-state index is 0.371. The first kappa shape index (κ1) is 11.7. The van der Waals surface area contributed by atoms with E-state index in [1.165, 1.54) is 38.5 Å². The maximum absolute atomic E-state index is 6.21. The van der Waals surface area contributed by atoms with E-state index in [0.29, 0.717) is 11.8 Å². The molecule has 0 radical (unpaired) electrons. The normalized spacial score (nSPS) is 30.5. The second kappa shape index (κ2) is 4.89. The molecule has 1 aliphatic carbocycles. The lowest BCUT2D eigenvalue weighted by atomic mass is 10.1. The summed E-state index contributed by atoms with van der Waals surface area (Å²) in [6, 6.07) is 0. The Labute approximate surface area is 92.0 Å². The van der Waals surface area contributed by atoms with E-state index in [2.05, 4.69) is 13.8 Å². The molecule has 0 saturated heterocycles. The zero-order valence-electron chi connectivity index (χ0n) is 8.65. The Morgan fingerprint density at radius 2 is 1.31 bits per heavy atom. The highest BCUT2D eigenvalue weighted by Gasteiger charge is 2.61. The van der Waals surface area contributed by atoms with Crippen LogP contribution < -0.4 is 0 Å². The van der Waals surface area contributed by atoms with Gasteiger partial charge in [0.15, 0.2) is 0 Å². The van der Waals surface area contributed by atoms with Gasteiger partial charge in [0.1, 0.15) is 4.33 Å². The molecule has 13 heavy (non-hydrogen) atoms. The van der Waals surface area contributed by atoms with Gasteiger partial charge in [-0.2, -0.15) is 0 Å². The zero-order valence-corrected chi connectivity index (χ0v) is 10.2. The maximum atomic E-state index is 6.21. The molecule has 0 heterocycles. The van der Waals surface area contributed by atoms with Gasteiger partial charge in [-0.15, -0.1) is 23.2 Å². The molecule has 0 aromatic heterocycles. The van der Waals surface area contributed by atoms with Crippen molar-refractivity contribution in [1.29, 1.82) is 0 Å². The van der Waals surface area contributed by atoms with Gasteiger partial charge < -0.3 is 0 Å². The van der Waals surface area contributed by atoms with E-state index in [4.69, 9.17) is 23.2 Å². The molecule has 0 unspecified atom stereocenters. The van der Waals surface area contributed by atoms with Crippen LogP contribution in [0.25, 0.3) is 0 Å². The van der Waals surface area contributed by atoms with Crippen LogP contribution in [-0.2, 0) is 0 Å². The maximum Gasteiger partial charge on any atom is 0.124 e. The van der Waals surface area contributed by atoms with Crippen molar-refractivity contribution in [3.8, 4) is 0 Å². The predicted molar refractivity (Wildman–Crippen MR) is 60.5 cm³/mol.